The maximum atomic E-state index is 13.8. The molecule has 0 aromatic carbocycles. The number of hydrogen-bond donors (Lipinski definition) is 2. The number of alkyl halides is 3. The first-order chi connectivity index (χ1) is 16.1. The van der Waals surface area contributed by atoms with Crippen LogP contribution in [-0.2, 0) is 10.9 Å². The lowest BCUT2D eigenvalue weighted by atomic mass is 9.85. The van der Waals surface area contributed by atoms with Gasteiger partial charge in [0.05, 0.1) is 11.4 Å². The molecule has 0 atom stereocenters. The van der Waals surface area contributed by atoms with Crippen molar-refractivity contribution in [2.75, 3.05) is 27.2 Å². The van der Waals surface area contributed by atoms with E-state index in [-0.39, 0.29) is 29.7 Å². The van der Waals surface area contributed by atoms with Crippen molar-refractivity contribution in [2.24, 2.45) is 17.5 Å². The van der Waals surface area contributed by atoms with E-state index in [1.807, 2.05) is 0 Å². The Balaban J connectivity index is 1.78. The molecule has 0 radical (unpaired) electrons. The number of nitrogens with zero attached hydrogens (tertiary/aromatic N) is 3. The van der Waals surface area contributed by atoms with Crippen LogP contribution in [0.5, 0.6) is 5.88 Å². The fourth-order valence-electron chi connectivity index (χ4n) is 4.15. The average molecular weight is 486 g/mol. The van der Waals surface area contributed by atoms with E-state index in [9.17, 15) is 18.0 Å². The summed E-state index contributed by atoms with van der Waals surface area (Å²) in [7, 11) is 3.11. The molecule has 2 saturated carbocycles. The summed E-state index contributed by atoms with van der Waals surface area (Å²) < 4.78 is 52.3. The Kier molecular flexibility index (Phi) is 8.51. The van der Waals surface area contributed by atoms with E-state index in [2.05, 4.69) is 4.98 Å². The molecule has 4 N–H and O–H groups in total. The molecule has 1 heterocycles. The third kappa shape index (κ3) is 6.68. The molecule has 0 aliphatic heterocycles. The number of hydrazine groups is 1. The third-order valence-corrected chi connectivity index (χ3v) is 6.44. The number of nitrogens with two attached hydrogens (primary N) is 2. The minimum Gasteiger partial charge on any atom is -0.474 e. The maximum Gasteiger partial charge on any atom is 0.421 e. The number of halogens is 3. The van der Waals surface area contributed by atoms with Crippen LogP contribution >= 0.6 is 0 Å². The highest BCUT2D eigenvalue weighted by molar-refractivity contribution is 5.69. The highest BCUT2D eigenvalue weighted by Crippen LogP contribution is 2.38. The van der Waals surface area contributed by atoms with Gasteiger partial charge >= 0.3 is 12.3 Å². The van der Waals surface area contributed by atoms with E-state index in [0.717, 1.165) is 49.6 Å². The van der Waals surface area contributed by atoms with Crippen LogP contribution in [0.2, 0.25) is 0 Å². The normalized spacial score (nSPS) is 18.1. The van der Waals surface area contributed by atoms with Crippen LogP contribution < -0.4 is 16.3 Å². The molecule has 1 aromatic heterocycles. The fraction of sp³-hybridized carbons (Fsp3) is 0.652. The Morgan fingerprint density at radius 1 is 1.15 bits per heavy atom. The fourth-order valence-corrected chi connectivity index (χ4v) is 4.15. The first kappa shape index (κ1) is 25.9. The quantitative estimate of drug-likeness (QED) is 0.421. The molecule has 190 valence electrons. The summed E-state index contributed by atoms with van der Waals surface area (Å²) in [5.41, 5.74) is 5.26. The Morgan fingerprint density at radius 3 is 2.38 bits per heavy atom. The van der Waals surface area contributed by atoms with Crippen molar-refractivity contribution in [2.45, 2.75) is 63.6 Å². The van der Waals surface area contributed by atoms with Crippen molar-refractivity contribution in [3.05, 3.63) is 29.1 Å². The zero-order valence-corrected chi connectivity index (χ0v) is 19.7. The number of carbonyl (C=O) groups excluding carboxylic acids is 1. The van der Waals surface area contributed by atoms with Gasteiger partial charge in [-0.05, 0) is 50.5 Å². The summed E-state index contributed by atoms with van der Waals surface area (Å²) in [5.74, 6) is 5.86. The molecular weight excluding hydrogens is 451 g/mol. The summed E-state index contributed by atoms with van der Waals surface area (Å²) in [5, 5.41) is 1.12. The molecule has 3 rings (SSSR count). The van der Waals surface area contributed by atoms with Gasteiger partial charge in [0, 0.05) is 32.4 Å². The number of amides is 1. The molecule has 1 aromatic rings. The number of ether oxygens (including phenoxy) is 2. The summed E-state index contributed by atoms with van der Waals surface area (Å²) in [4.78, 5) is 17.8. The molecule has 0 bridgehead atoms. The van der Waals surface area contributed by atoms with Crippen LogP contribution in [0.25, 0.3) is 5.70 Å². The first-order valence-corrected chi connectivity index (χ1v) is 11.7. The molecule has 8 nitrogen and oxygen atoms in total. The van der Waals surface area contributed by atoms with Gasteiger partial charge in [0.25, 0.3) is 0 Å². The van der Waals surface area contributed by atoms with Crippen LogP contribution in [0.1, 0.15) is 62.5 Å². The summed E-state index contributed by atoms with van der Waals surface area (Å²) >= 11 is 0. The number of carbonyl (C=O) groups is 1. The zero-order valence-electron chi connectivity index (χ0n) is 19.7. The SMILES string of the molecule is CN(CC1CCC1)C(=O)OC/C(=C(/N)c1cnc(OC2CCCCC2)c(C(F)(F)F)c1)N(C)N. The van der Waals surface area contributed by atoms with Crippen molar-refractivity contribution < 1.29 is 27.4 Å². The standard InChI is InChI=1S/C23H34F3N5O3/c1-30(13-15-7-6-8-15)22(32)33-14-19(31(2)28)20(27)16-11-18(23(24,25)26)21(29-12-16)34-17-9-4-3-5-10-17/h11-12,15,17H,3-10,13-14,27-28H2,1-2H3/b20-19-. The minimum atomic E-state index is -4.68. The zero-order chi connectivity index (χ0) is 24.9. The third-order valence-electron chi connectivity index (χ3n) is 6.44. The van der Waals surface area contributed by atoms with Gasteiger partial charge in [-0.25, -0.2) is 15.6 Å². The van der Waals surface area contributed by atoms with Crippen molar-refractivity contribution in [1.82, 2.24) is 14.9 Å². The molecule has 34 heavy (non-hydrogen) atoms. The lowest BCUT2D eigenvalue weighted by Crippen LogP contribution is -2.36. The topological polar surface area (TPSA) is 107 Å². The lowest BCUT2D eigenvalue weighted by molar-refractivity contribution is -0.139. The highest BCUT2D eigenvalue weighted by atomic mass is 19.4. The maximum absolute atomic E-state index is 13.8. The molecule has 0 spiro atoms. The molecule has 11 heteroatoms. The van der Waals surface area contributed by atoms with Crippen LogP contribution in [-0.4, -0.2) is 54.3 Å². The molecule has 0 saturated heterocycles. The van der Waals surface area contributed by atoms with Crippen molar-refractivity contribution in [3.63, 3.8) is 0 Å². The van der Waals surface area contributed by atoms with Crippen molar-refractivity contribution in [3.8, 4) is 5.88 Å². The van der Waals surface area contributed by atoms with E-state index in [1.165, 1.54) is 18.1 Å². The van der Waals surface area contributed by atoms with E-state index in [4.69, 9.17) is 21.1 Å². The van der Waals surface area contributed by atoms with Gasteiger partial charge in [-0.2, -0.15) is 13.2 Å². The number of rotatable bonds is 8. The number of hydrogen-bond acceptors (Lipinski definition) is 7. The number of pyridine rings is 1. The second-order valence-electron chi connectivity index (χ2n) is 9.16. The van der Waals surface area contributed by atoms with Gasteiger partial charge in [-0.3, -0.25) is 0 Å². The van der Waals surface area contributed by atoms with Gasteiger partial charge in [-0.15, -0.1) is 0 Å². The predicted molar refractivity (Wildman–Crippen MR) is 121 cm³/mol. The molecule has 2 fully saturated rings. The molecular formula is C23H34F3N5O3. The Bertz CT molecular complexity index is 881. The van der Waals surface area contributed by atoms with Crippen LogP contribution in [0.4, 0.5) is 18.0 Å². The Hall–Kier alpha value is -2.69. The molecule has 2 aliphatic carbocycles. The summed E-state index contributed by atoms with van der Waals surface area (Å²) in [6, 6.07) is 0.897. The van der Waals surface area contributed by atoms with Gasteiger partial charge in [0.1, 0.15) is 18.3 Å². The van der Waals surface area contributed by atoms with E-state index >= 15 is 0 Å². The average Bonchev–Trinajstić information content (AvgIpc) is 2.76. The number of likely N-dealkylation sites (N-methyl/N-ethyl adjacent to an activating group) is 1. The number of aromatic nitrogens is 1. The van der Waals surface area contributed by atoms with E-state index in [1.54, 1.807) is 7.05 Å². The van der Waals surface area contributed by atoms with Crippen molar-refractivity contribution in [1.29, 1.82) is 0 Å². The Labute approximate surface area is 198 Å². The second kappa shape index (κ2) is 11.2. The monoisotopic (exact) mass is 485 g/mol. The summed E-state index contributed by atoms with van der Waals surface area (Å²) in [6.45, 7) is 0.293. The van der Waals surface area contributed by atoms with Gasteiger partial charge in [0.15, 0.2) is 0 Å². The largest absolute Gasteiger partial charge is 0.474 e. The smallest absolute Gasteiger partial charge is 0.421 e. The second-order valence-corrected chi connectivity index (χ2v) is 9.16. The first-order valence-electron chi connectivity index (χ1n) is 11.7. The lowest BCUT2D eigenvalue weighted by Gasteiger charge is -2.30. The molecule has 1 amide bonds. The molecule has 0 unspecified atom stereocenters. The predicted octanol–water partition coefficient (Wildman–Crippen LogP) is 4.11. The molecule has 2 aliphatic rings. The minimum absolute atomic E-state index is 0.00879. The van der Waals surface area contributed by atoms with Gasteiger partial charge < -0.3 is 25.1 Å². The van der Waals surface area contributed by atoms with E-state index in [0.29, 0.717) is 25.3 Å². The Morgan fingerprint density at radius 2 is 1.82 bits per heavy atom. The highest BCUT2D eigenvalue weighted by Gasteiger charge is 2.37. The van der Waals surface area contributed by atoms with Crippen LogP contribution in [0.15, 0.2) is 18.0 Å². The van der Waals surface area contributed by atoms with Gasteiger partial charge in [-0.1, -0.05) is 12.8 Å². The van der Waals surface area contributed by atoms with E-state index < -0.39 is 23.7 Å². The van der Waals surface area contributed by atoms with Crippen LogP contribution in [0.3, 0.4) is 0 Å². The summed E-state index contributed by atoms with van der Waals surface area (Å²) in [6.07, 6.45) is 3.30. The van der Waals surface area contributed by atoms with Gasteiger partial charge in [0.2, 0.25) is 5.88 Å². The van der Waals surface area contributed by atoms with Crippen LogP contribution in [0, 0.1) is 5.92 Å². The van der Waals surface area contributed by atoms with Crippen molar-refractivity contribution >= 4 is 11.8 Å².